The summed E-state index contributed by atoms with van der Waals surface area (Å²) in [7, 11) is 2.15. The molecule has 2 heteroatoms. The minimum absolute atomic E-state index is 1.02. The van der Waals surface area contributed by atoms with E-state index in [0.29, 0.717) is 0 Å². The standard InChI is InChI=1S/C20H17NS/c1-13-11-12-15-14-7-3-5-9-17(14)21(2)20(15)19(13)16-8-4-6-10-18(16)22/h3-12,22H,1-2H3. The average molecular weight is 303 g/mol. The van der Waals surface area contributed by atoms with Crippen LogP contribution in [0.2, 0.25) is 0 Å². The number of nitrogens with zero attached hydrogens (tertiary/aromatic N) is 1. The van der Waals surface area contributed by atoms with E-state index in [0.717, 1.165) is 4.90 Å². The molecule has 0 unspecified atom stereocenters. The summed E-state index contributed by atoms with van der Waals surface area (Å²) in [6, 6.07) is 21.3. The number of aromatic nitrogens is 1. The van der Waals surface area contributed by atoms with Gasteiger partial charge in [0.05, 0.1) is 5.52 Å². The van der Waals surface area contributed by atoms with Gasteiger partial charge in [0.2, 0.25) is 0 Å². The molecule has 0 N–H and O–H groups in total. The lowest BCUT2D eigenvalue weighted by Crippen LogP contribution is -1.93. The van der Waals surface area contributed by atoms with Gasteiger partial charge in [-0.25, -0.2) is 0 Å². The normalized spacial score (nSPS) is 11.4. The second kappa shape index (κ2) is 4.92. The molecule has 4 rings (SSSR count). The topological polar surface area (TPSA) is 4.93 Å². The summed E-state index contributed by atoms with van der Waals surface area (Å²) >= 11 is 4.67. The highest BCUT2D eigenvalue weighted by Gasteiger charge is 2.15. The van der Waals surface area contributed by atoms with Crippen molar-refractivity contribution in [3.05, 3.63) is 66.2 Å². The Hall–Kier alpha value is -2.19. The molecule has 4 aromatic rings. The van der Waals surface area contributed by atoms with Gasteiger partial charge in [0.1, 0.15) is 0 Å². The van der Waals surface area contributed by atoms with E-state index in [9.17, 15) is 0 Å². The number of fused-ring (bicyclic) bond motifs is 3. The quantitative estimate of drug-likeness (QED) is 0.437. The zero-order chi connectivity index (χ0) is 15.3. The molecule has 1 aromatic heterocycles. The number of thiol groups is 1. The number of hydrogen-bond donors (Lipinski definition) is 1. The van der Waals surface area contributed by atoms with Crippen molar-refractivity contribution in [1.82, 2.24) is 4.57 Å². The summed E-state index contributed by atoms with van der Waals surface area (Å²) in [5.41, 5.74) is 6.30. The maximum absolute atomic E-state index is 4.67. The van der Waals surface area contributed by atoms with Gasteiger partial charge in [-0.3, -0.25) is 0 Å². The van der Waals surface area contributed by atoms with Gasteiger partial charge in [-0.15, -0.1) is 12.6 Å². The first kappa shape index (κ1) is 13.5. The van der Waals surface area contributed by atoms with E-state index >= 15 is 0 Å². The Bertz CT molecular complexity index is 1010. The third-order valence-corrected chi connectivity index (χ3v) is 4.84. The highest BCUT2D eigenvalue weighted by molar-refractivity contribution is 7.80. The molecule has 0 aliphatic rings. The lowest BCUT2D eigenvalue weighted by atomic mass is 9.97. The first-order valence-electron chi connectivity index (χ1n) is 7.43. The van der Waals surface area contributed by atoms with E-state index in [4.69, 9.17) is 0 Å². The Morgan fingerprint density at radius 1 is 0.818 bits per heavy atom. The lowest BCUT2D eigenvalue weighted by molar-refractivity contribution is 1.01. The number of benzene rings is 3. The van der Waals surface area contributed by atoms with Crippen molar-refractivity contribution in [2.45, 2.75) is 11.8 Å². The molecule has 0 radical (unpaired) electrons. The van der Waals surface area contributed by atoms with Crippen molar-refractivity contribution in [2.24, 2.45) is 7.05 Å². The van der Waals surface area contributed by atoms with Crippen LogP contribution >= 0.6 is 12.6 Å². The molecule has 0 saturated carbocycles. The van der Waals surface area contributed by atoms with Crippen LogP contribution in [0.4, 0.5) is 0 Å². The Kier molecular flexibility index (Phi) is 3.02. The van der Waals surface area contributed by atoms with E-state index in [-0.39, 0.29) is 0 Å². The third kappa shape index (κ3) is 1.80. The van der Waals surface area contributed by atoms with Gasteiger partial charge in [0.25, 0.3) is 0 Å². The van der Waals surface area contributed by atoms with Crippen LogP contribution < -0.4 is 0 Å². The van der Waals surface area contributed by atoms with Gasteiger partial charge in [0, 0.05) is 33.8 Å². The van der Waals surface area contributed by atoms with Crippen LogP contribution in [0.1, 0.15) is 5.56 Å². The zero-order valence-electron chi connectivity index (χ0n) is 12.7. The first-order valence-corrected chi connectivity index (χ1v) is 7.88. The minimum Gasteiger partial charge on any atom is -0.343 e. The molecule has 1 nitrogen and oxygen atoms in total. The van der Waals surface area contributed by atoms with Crippen LogP contribution in [-0.2, 0) is 7.05 Å². The lowest BCUT2D eigenvalue weighted by Gasteiger charge is -2.12. The minimum atomic E-state index is 1.02. The van der Waals surface area contributed by atoms with E-state index in [1.807, 2.05) is 6.07 Å². The zero-order valence-corrected chi connectivity index (χ0v) is 13.6. The van der Waals surface area contributed by atoms with Crippen LogP contribution in [0.5, 0.6) is 0 Å². The highest BCUT2D eigenvalue weighted by atomic mass is 32.1. The van der Waals surface area contributed by atoms with Crippen LogP contribution in [0.25, 0.3) is 32.9 Å². The Morgan fingerprint density at radius 2 is 1.55 bits per heavy atom. The molecule has 0 spiro atoms. The molecule has 0 amide bonds. The molecule has 0 aliphatic carbocycles. The molecule has 0 atom stereocenters. The first-order chi connectivity index (χ1) is 10.7. The van der Waals surface area contributed by atoms with Gasteiger partial charge in [-0.05, 0) is 30.2 Å². The van der Waals surface area contributed by atoms with Crippen molar-refractivity contribution in [3.63, 3.8) is 0 Å². The average Bonchev–Trinajstić information content (AvgIpc) is 2.82. The van der Waals surface area contributed by atoms with Gasteiger partial charge >= 0.3 is 0 Å². The van der Waals surface area contributed by atoms with Gasteiger partial charge < -0.3 is 4.57 Å². The number of hydrogen-bond acceptors (Lipinski definition) is 1. The maximum atomic E-state index is 4.67. The van der Waals surface area contributed by atoms with Crippen molar-refractivity contribution >= 4 is 34.4 Å². The SMILES string of the molecule is Cc1ccc2c3ccccc3n(C)c2c1-c1ccccc1S. The van der Waals surface area contributed by atoms with Gasteiger partial charge in [-0.2, -0.15) is 0 Å². The third-order valence-electron chi connectivity index (χ3n) is 4.45. The number of rotatable bonds is 1. The smallest absolute Gasteiger partial charge is 0.0571 e. The molecule has 108 valence electrons. The van der Waals surface area contributed by atoms with Crippen LogP contribution in [0.3, 0.4) is 0 Å². The fourth-order valence-corrected chi connectivity index (χ4v) is 3.67. The van der Waals surface area contributed by atoms with Gasteiger partial charge in [0.15, 0.2) is 0 Å². The van der Waals surface area contributed by atoms with E-state index in [1.54, 1.807) is 0 Å². The monoisotopic (exact) mass is 303 g/mol. The molecular formula is C20H17NS. The van der Waals surface area contributed by atoms with Crippen molar-refractivity contribution < 1.29 is 0 Å². The predicted molar refractivity (Wildman–Crippen MR) is 97.9 cm³/mol. The summed E-state index contributed by atoms with van der Waals surface area (Å²) in [4.78, 5) is 1.02. The molecular weight excluding hydrogens is 286 g/mol. The Morgan fingerprint density at radius 3 is 2.36 bits per heavy atom. The fraction of sp³-hybridized carbons (Fsp3) is 0.100. The maximum Gasteiger partial charge on any atom is 0.0571 e. The molecule has 0 saturated heterocycles. The summed E-state index contributed by atoms with van der Waals surface area (Å²) in [5, 5.41) is 2.60. The largest absolute Gasteiger partial charge is 0.343 e. The van der Waals surface area contributed by atoms with E-state index < -0.39 is 0 Å². The van der Waals surface area contributed by atoms with Gasteiger partial charge in [-0.1, -0.05) is 48.5 Å². The van der Waals surface area contributed by atoms with Crippen LogP contribution in [0.15, 0.2) is 65.6 Å². The number of para-hydroxylation sites is 1. The Labute approximate surface area is 135 Å². The molecule has 22 heavy (non-hydrogen) atoms. The molecule has 3 aromatic carbocycles. The Balaban J connectivity index is 2.24. The summed E-state index contributed by atoms with van der Waals surface area (Å²) in [6.45, 7) is 2.17. The molecule has 1 heterocycles. The van der Waals surface area contributed by atoms with Crippen molar-refractivity contribution in [1.29, 1.82) is 0 Å². The fourth-order valence-electron chi connectivity index (χ4n) is 3.40. The van der Waals surface area contributed by atoms with Crippen LogP contribution in [0, 0.1) is 6.92 Å². The second-order valence-electron chi connectivity index (χ2n) is 5.75. The molecule has 0 aliphatic heterocycles. The number of aryl methyl sites for hydroxylation is 2. The second-order valence-corrected chi connectivity index (χ2v) is 6.23. The van der Waals surface area contributed by atoms with E-state index in [2.05, 4.69) is 85.8 Å². The summed E-state index contributed by atoms with van der Waals surface area (Å²) in [5.74, 6) is 0. The highest BCUT2D eigenvalue weighted by Crippen LogP contribution is 2.39. The predicted octanol–water partition coefficient (Wildman–Crippen LogP) is 5.60. The van der Waals surface area contributed by atoms with E-state index in [1.165, 1.54) is 38.5 Å². The van der Waals surface area contributed by atoms with Crippen LogP contribution in [-0.4, -0.2) is 4.57 Å². The molecule has 0 bridgehead atoms. The van der Waals surface area contributed by atoms with Crippen molar-refractivity contribution in [2.75, 3.05) is 0 Å². The summed E-state index contributed by atoms with van der Waals surface area (Å²) in [6.07, 6.45) is 0. The molecule has 0 fully saturated rings. The van der Waals surface area contributed by atoms with Crippen molar-refractivity contribution in [3.8, 4) is 11.1 Å². The summed E-state index contributed by atoms with van der Waals surface area (Å²) < 4.78 is 2.30.